The molecule has 20 nitrogen and oxygen atoms in total. The van der Waals surface area contributed by atoms with Gasteiger partial charge in [0, 0.05) is 23.7 Å². The molecule has 0 radical (unpaired) electrons. The van der Waals surface area contributed by atoms with Crippen molar-refractivity contribution in [3.05, 3.63) is 11.6 Å². The van der Waals surface area contributed by atoms with Gasteiger partial charge < -0.3 is 83.3 Å². The van der Waals surface area contributed by atoms with Crippen molar-refractivity contribution in [1.82, 2.24) is 0 Å². The van der Waals surface area contributed by atoms with Gasteiger partial charge in [-0.3, -0.25) is 4.18 Å². The summed E-state index contributed by atoms with van der Waals surface area (Å²) >= 11 is 0. The van der Waals surface area contributed by atoms with Crippen molar-refractivity contribution in [2.75, 3.05) is 33.0 Å². The number of hydrogen-bond acceptors (Lipinski definition) is 20. The highest BCUT2D eigenvalue weighted by molar-refractivity contribution is 7.80. The van der Waals surface area contributed by atoms with Crippen LogP contribution in [0.1, 0.15) is 93.4 Å². The number of aliphatic hydroxyl groups is 8. The quantitative estimate of drug-likeness (QED) is 0.0583. The lowest BCUT2D eigenvalue weighted by atomic mass is 9.35. The molecule has 4 aliphatic carbocycles. The second kappa shape index (κ2) is 17.6. The molecule has 5 heterocycles. The van der Waals surface area contributed by atoms with Crippen molar-refractivity contribution >= 4 is 10.4 Å². The van der Waals surface area contributed by atoms with Crippen molar-refractivity contribution in [1.29, 1.82) is 0 Å². The Labute approximate surface area is 392 Å². The van der Waals surface area contributed by atoms with Crippen LogP contribution in [0.3, 0.4) is 0 Å². The van der Waals surface area contributed by atoms with E-state index in [4.69, 9.17) is 37.9 Å². The summed E-state index contributed by atoms with van der Waals surface area (Å²) in [6, 6.07) is 0. The zero-order chi connectivity index (χ0) is 48.6. The van der Waals surface area contributed by atoms with E-state index < -0.39 is 133 Å². The van der Waals surface area contributed by atoms with Gasteiger partial charge in [0.25, 0.3) is 0 Å². The molecule has 0 aromatic heterocycles. The first-order valence-corrected chi connectivity index (χ1v) is 25.4. The van der Waals surface area contributed by atoms with Crippen LogP contribution in [0.15, 0.2) is 11.6 Å². The lowest BCUT2D eigenvalue weighted by molar-refractivity contribution is -0.375. The molecule has 9 rings (SSSR count). The zero-order valence-electron chi connectivity index (χ0n) is 39.4. The van der Waals surface area contributed by atoms with E-state index in [2.05, 4.69) is 51.8 Å². The van der Waals surface area contributed by atoms with Crippen LogP contribution in [0.4, 0.5) is 0 Å². The van der Waals surface area contributed by atoms with Gasteiger partial charge in [-0.15, -0.1) is 0 Å². The Hall–Kier alpha value is -1.03. The van der Waals surface area contributed by atoms with Crippen LogP contribution in [0.25, 0.3) is 0 Å². The number of allylic oxidation sites excluding steroid dienone is 1. The van der Waals surface area contributed by atoms with Crippen molar-refractivity contribution < 1.29 is 95.9 Å². The third-order valence-corrected chi connectivity index (χ3v) is 19.3. The summed E-state index contributed by atoms with van der Waals surface area (Å²) in [6.07, 6.45) is -13.8. The Kier molecular flexibility index (Phi) is 13.4. The summed E-state index contributed by atoms with van der Waals surface area (Å²) in [7, 11) is -5.26. The SMILES string of the molecule is CC(C)=C[C@@H]1CO[C@]23C[C@]4(CO2)[C@H](CC[C@@H]2[C@@]5(C)CC[C@H](O[C@@H]6OC[C@H](O)[C@H](O[C@@H]7O[C@H](COS(=O)(=O)[O-])[C@@H](O)[C@H](O)[C@H]7O)[C@H]6O[C@@H]6O[C@@H](CO)[C@H](O)[C@H]6O)C(C)(C)[C@@H]5CC[C@]24C)[C@H]3[C@@]1(C)O. The van der Waals surface area contributed by atoms with Crippen molar-refractivity contribution in [2.45, 2.75) is 191 Å². The van der Waals surface area contributed by atoms with Crippen LogP contribution in [-0.4, -0.2) is 184 Å². The normalized spacial score (nSPS) is 54.7. The molecular weight excluding hydrogens is 905 g/mol. The van der Waals surface area contributed by atoms with Gasteiger partial charge in [0.05, 0.1) is 44.7 Å². The van der Waals surface area contributed by atoms with E-state index in [0.29, 0.717) is 25.6 Å². The van der Waals surface area contributed by atoms with E-state index in [1.807, 2.05) is 6.92 Å². The Balaban J connectivity index is 0.965. The van der Waals surface area contributed by atoms with Crippen LogP contribution < -0.4 is 0 Å². The van der Waals surface area contributed by atoms with Gasteiger partial charge in [-0.1, -0.05) is 39.3 Å². The highest BCUT2D eigenvalue weighted by Gasteiger charge is 2.81. The van der Waals surface area contributed by atoms with Gasteiger partial charge in [0.15, 0.2) is 24.7 Å². The van der Waals surface area contributed by atoms with E-state index in [1.54, 1.807) is 0 Å². The van der Waals surface area contributed by atoms with E-state index in [9.17, 15) is 53.8 Å². The first-order valence-electron chi connectivity index (χ1n) is 24.1. The second-order valence-corrected chi connectivity index (χ2v) is 24.0. The fraction of sp³-hybridized carbons (Fsp3) is 0.957. The van der Waals surface area contributed by atoms with E-state index in [-0.39, 0.29) is 39.9 Å². The molecule has 2 bridgehead atoms. The van der Waals surface area contributed by atoms with Gasteiger partial charge >= 0.3 is 0 Å². The van der Waals surface area contributed by atoms with Gasteiger partial charge in [0.2, 0.25) is 10.4 Å². The van der Waals surface area contributed by atoms with Crippen LogP contribution >= 0.6 is 0 Å². The standard InChI is InChI=1S/C46H74O20S/c1-21(2)14-22-16-59-46-19-45(20-60-46)23(37(46)44(22,7)54)8-9-28-42(5)12-11-29(41(3,4)27(42)10-13-43(28,45)6)64-40-36(66-38-33(52)30(49)25(15-47)62-38)35(24(48)17-58-40)65-39-34(53)32(51)31(50)26(63-39)18-61-67(55,56)57/h14,22-40,47-54H,8-13,15-20H2,1-7H3,(H,55,56,57)/p-1/t22-,23-,24+,25+,26-,27+,28-,29+,30+,31-,32+,33-,34-,35+,36-,37+,38+,39+,40+,42+,43-,44+,45+,46-/m1/s1. The minimum atomic E-state index is -5.26. The van der Waals surface area contributed by atoms with Crippen LogP contribution in [0, 0.1) is 51.2 Å². The number of aliphatic hydroxyl groups excluding tert-OH is 7. The largest absolute Gasteiger partial charge is 0.726 e. The highest BCUT2D eigenvalue weighted by Crippen LogP contribution is 2.80. The average molecular weight is 978 g/mol. The van der Waals surface area contributed by atoms with E-state index in [1.165, 1.54) is 0 Å². The number of rotatable bonds is 11. The van der Waals surface area contributed by atoms with Gasteiger partial charge in [-0.25, -0.2) is 8.42 Å². The lowest BCUT2D eigenvalue weighted by Crippen LogP contribution is -2.68. The molecular formula is C46H73O20S-. The predicted octanol–water partition coefficient (Wildman–Crippen LogP) is -0.0522. The summed E-state index contributed by atoms with van der Waals surface area (Å²) in [4.78, 5) is 0. The van der Waals surface area contributed by atoms with Crippen molar-refractivity contribution in [2.24, 2.45) is 51.2 Å². The van der Waals surface area contributed by atoms with Gasteiger partial charge in [0.1, 0.15) is 61.0 Å². The first kappa shape index (κ1) is 50.9. The Morgan fingerprint density at radius 3 is 2.07 bits per heavy atom. The molecule has 21 heteroatoms. The average Bonchev–Trinajstić information content (AvgIpc) is 3.88. The molecule has 384 valence electrons. The summed E-state index contributed by atoms with van der Waals surface area (Å²) in [5.41, 5.74) is -0.737. The molecule has 9 fully saturated rings. The van der Waals surface area contributed by atoms with Crippen LogP contribution in [0.5, 0.6) is 0 Å². The van der Waals surface area contributed by atoms with Crippen molar-refractivity contribution in [3.8, 4) is 0 Å². The molecule has 2 spiro atoms. The zero-order valence-corrected chi connectivity index (χ0v) is 40.2. The topological polar surface area (TPSA) is 302 Å². The number of fused-ring (bicyclic) bond motifs is 4. The molecule has 8 N–H and O–H groups in total. The summed E-state index contributed by atoms with van der Waals surface area (Å²) in [5, 5.41) is 87.6. The highest BCUT2D eigenvalue weighted by atomic mass is 32.3. The Morgan fingerprint density at radius 1 is 0.761 bits per heavy atom. The van der Waals surface area contributed by atoms with Crippen LogP contribution in [-0.2, 0) is 52.5 Å². The third kappa shape index (κ3) is 8.04. The van der Waals surface area contributed by atoms with E-state index >= 15 is 0 Å². The first-order chi connectivity index (χ1) is 31.2. The molecule has 67 heavy (non-hydrogen) atoms. The molecule has 5 aliphatic heterocycles. The molecule has 0 aromatic carbocycles. The van der Waals surface area contributed by atoms with Gasteiger partial charge in [-0.2, -0.15) is 0 Å². The second-order valence-electron chi connectivity index (χ2n) is 22.9. The van der Waals surface area contributed by atoms with Gasteiger partial charge in [-0.05, 0) is 93.3 Å². The van der Waals surface area contributed by atoms with Crippen LogP contribution in [0.2, 0.25) is 0 Å². The Bertz CT molecular complexity index is 1970. The molecule has 5 saturated heterocycles. The maximum atomic E-state index is 12.4. The molecule has 4 saturated carbocycles. The molecule has 0 amide bonds. The number of ether oxygens (including phenoxy) is 8. The maximum absolute atomic E-state index is 12.4. The predicted molar refractivity (Wildman–Crippen MR) is 227 cm³/mol. The summed E-state index contributed by atoms with van der Waals surface area (Å²) < 4.78 is 88.2. The minimum Gasteiger partial charge on any atom is -0.726 e. The monoisotopic (exact) mass is 977 g/mol. The maximum Gasteiger partial charge on any atom is 0.217 e. The Morgan fingerprint density at radius 2 is 1.42 bits per heavy atom. The third-order valence-electron chi connectivity index (χ3n) is 18.9. The fourth-order valence-electron chi connectivity index (χ4n) is 15.7. The van der Waals surface area contributed by atoms with Crippen molar-refractivity contribution in [3.63, 3.8) is 0 Å². The van der Waals surface area contributed by atoms with E-state index in [0.717, 1.165) is 44.1 Å². The summed E-state index contributed by atoms with van der Waals surface area (Å²) in [5.74, 6) is -0.366. The molecule has 24 atom stereocenters. The fourth-order valence-corrected chi connectivity index (χ4v) is 16.0. The number of hydrogen-bond donors (Lipinski definition) is 8. The molecule has 0 aromatic rings. The minimum absolute atomic E-state index is 0.105. The summed E-state index contributed by atoms with van der Waals surface area (Å²) in [6.45, 7) is 14.3. The molecule has 0 unspecified atom stereocenters. The smallest absolute Gasteiger partial charge is 0.217 e. The lowest BCUT2D eigenvalue weighted by Gasteiger charge is -2.70. The molecule has 9 aliphatic rings.